The van der Waals surface area contributed by atoms with Gasteiger partial charge < -0.3 is 0 Å². The zero-order chi connectivity index (χ0) is 14.3. The second kappa shape index (κ2) is 9.58. The second-order valence-electron chi connectivity index (χ2n) is 6.87. The van der Waals surface area contributed by atoms with Crippen molar-refractivity contribution < 1.29 is 0 Å². The molecule has 0 spiro atoms. The van der Waals surface area contributed by atoms with E-state index in [0.29, 0.717) is 0 Å². The summed E-state index contributed by atoms with van der Waals surface area (Å²) in [6, 6.07) is 0. The van der Waals surface area contributed by atoms with Gasteiger partial charge in [0.1, 0.15) is 0 Å². The van der Waals surface area contributed by atoms with E-state index >= 15 is 0 Å². The number of hydrogen-bond acceptors (Lipinski definition) is 2. The van der Waals surface area contributed by atoms with Gasteiger partial charge >= 0.3 is 0 Å². The summed E-state index contributed by atoms with van der Waals surface area (Å²) in [5, 5.41) is 0. The summed E-state index contributed by atoms with van der Waals surface area (Å²) >= 11 is 0. The third kappa shape index (κ3) is 7.33. The van der Waals surface area contributed by atoms with Crippen LogP contribution in [-0.4, -0.2) is 11.5 Å². The molecule has 0 amide bonds. The molecule has 0 fully saturated rings. The molecule has 0 aliphatic carbocycles. The Kier molecular flexibility index (Phi) is 9.95. The molecule has 18 heavy (non-hydrogen) atoms. The van der Waals surface area contributed by atoms with Crippen LogP contribution in [0.4, 0.5) is 0 Å². The molecule has 0 aromatic rings. The first-order chi connectivity index (χ1) is 8.27. The Balaban J connectivity index is 3.96. The van der Waals surface area contributed by atoms with Gasteiger partial charge in [0.15, 0.2) is 0 Å². The van der Waals surface area contributed by atoms with Gasteiger partial charge in [0.25, 0.3) is 0 Å². The average Bonchev–Trinajstić information content (AvgIpc) is 2.20. The van der Waals surface area contributed by atoms with Crippen LogP contribution in [0.25, 0.3) is 0 Å². The van der Waals surface area contributed by atoms with Gasteiger partial charge in [-0.05, 0) is 35.5 Å². The maximum absolute atomic E-state index is 2.36. The fourth-order valence-corrected chi connectivity index (χ4v) is 6.13. The Bertz CT molecular complexity index is 159. The van der Waals surface area contributed by atoms with Gasteiger partial charge in [-0.1, -0.05) is 77.0 Å². The molecule has 0 N–H and O–H groups in total. The molecule has 0 radical (unpaired) electrons. The van der Waals surface area contributed by atoms with E-state index in [0.717, 1.165) is 35.5 Å². The van der Waals surface area contributed by atoms with Crippen LogP contribution < -0.4 is 0 Å². The molecule has 110 valence electrons. The summed E-state index contributed by atoms with van der Waals surface area (Å²) in [6.45, 7) is 18.9. The van der Waals surface area contributed by atoms with E-state index in [9.17, 15) is 0 Å². The Morgan fingerprint density at radius 2 is 0.722 bits per heavy atom. The smallest absolute Gasteiger partial charge is 0.00702 e. The molecule has 0 heterocycles. The summed E-state index contributed by atoms with van der Waals surface area (Å²) in [4.78, 5) is 0. The molecule has 0 saturated carbocycles. The number of hydrogen-bond donors (Lipinski definition) is 0. The lowest BCUT2D eigenvalue weighted by atomic mass is 9.87. The minimum absolute atomic E-state index is 0.809. The normalized spacial score (nSPS) is 13.0. The Morgan fingerprint density at radius 1 is 0.500 bits per heavy atom. The van der Waals surface area contributed by atoms with Gasteiger partial charge in [0.2, 0.25) is 0 Å². The zero-order valence-corrected chi connectivity index (χ0v) is 15.3. The Labute approximate surface area is 124 Å². The molecule has 0 unspecified atom stereocenters. The van der Waals surface area contributed by atoms with Crippen LogP contribution in [-0.2, 0) is 0 Å². The van der Waals surface area contributed by atoms with Crippen molar-refractivity contribution in [3.05, 3.63) is 0 Å². The Morgan fingerprint density at radius 3 is 0.889 bits per heavy atom. The summed E-state index contributed by atoms with van der Waals surface area (Å²) in [6.07, 6.45) is 0. The maximum atomic E-state index is 2.36. The van der Waals surface area contributed by atoms with E-state index in [1.165, 1.54) is 11.5 Å². The van der Waals surface area contributed by atoms with Crippen LogP contribution in [0.5, 0.6) is 0 Å². The van der Waals surface area contributed by atoms with Crippen LogP contribution >= 0.6 is 21.6 Å². The van der Waals surface area contributed by atoms with Crippen molar-refractivity contribution in [2.75, 3.05) is 11.5 Å². The van der Waals surface area contributed by atoms with Crippen LogP contribution in [0.2, 0.25) is 0 Å². The standard InChI is InChI=1S/C16H34S2/c1-11(2)15(12(3)4)9-17-18-10-16(13(5)6)14(7)8/h11-16H,9-10H2,1-8H3. The third-order valence-electron chi connectivity index (χ3n) is 4.03. The highest BCUT2D eigenvalue weighted by Crippen LogP contribution is 2.35. The third-order valence-corrected chi connectivity index (χ3v) is 6.55. The first kappa shape index (κ1) is 18.7. The monoisotopic (exact) mass is 290 g/mol. The molecule has 0 atom stereocenters. The predicted octanol–water partition coefficient (Wildman–Crippen LogP) is 6.22. The SMILES string of the molecule is CC(C)C(CSSCC(C(C)C)C(C)C)C(C)C. The van der Waals surface area contributed by atoms with Crippen molar-refractivity contribution in [2.24, 2.45) is 35.5 Å². The summed E-state index contributed by atoms with van der Waals surface area (Å²) < 4.78 is 0. The molecule has 0 aliphatic rings. The van der Waals surface area contributed by atoms with E-state index in [2.05, 4.69) is 77.0 Å². The highest BCUT2D eigenvalue weighted by molar-refractivity contribution is 8.76. The quantitative estimate of drug-likeness (QED) is 0.365. The van der Waals surface area contributed by atoms with E-state index in [1.807, 2.05) is 0 Å². The molecule has 0 saturated heterocycles. The predicted molar refractivity (Wildman–Crippen MR) is 91.2 cm³/mol. The summed E-state index contributed by atoms with van der Waals surface area (Å²) in [5.41, 5.74) is 0. The molecular weight excluding hydrogens is 256 g/mol. The molecule has 2 heteroatoms. The van der Waals surface area contributed by atoms with Crippen LogP contribution in [0.15, 0.2) is 0 Å². The lowest BCUT2D eigenvalue weighted by Gasteiger charge is -2.26. The first-order valence-electron chi connectivity index (χ1n) is 7.51. The van der Waals surface area contributed by atoms with Crippen LogP contribution in [0, 0.1) is 35.5 Å². The second-order valence-corrected chi connectivity index (χ2v) is 9.43. The zero-order valence-electron chi connectivity index (χ0n) is 13.7. The fourth-order valence-electron chi connectivity index (χ4n) is 2.56. The van der Waals surface area contributed by atoms with Crippen molar-refractivity contribution in [3.63, 3.8) is 0 Å². The topological polar surface area (TPSA) is 0 Å². The van der Waals surface area contributed by atoms with Gasteiger partial charge in [-0.3, -0.25) is 0 Å². The highest BCUT2D eigenvalue weighted by Gasteiger charge is 2.20. The molecule has 0 rings (SSSR count). The minimum atomic E-state index is 0.809. The van der Waals surface area contributed by atoms with Gasteiger partial charge in [0.05, 0.1) is 0 Å². The molecular formula is C16H34S2. The van der Waals surface area contributed by atoms with E-state index < -0.39 is 0 Å². The molecule has 0 aromatic carbocycles. The van der Waals surface area contributed by atoms with Crippen LogP contribution in [0.3, 0.4) is 0 Å². The molecule has 0 aliphatic heterocycles. The largest absolute Gasteiger partial charge is 0.0938 e. The van der Waals surface area contributed by atoms with E-state index in [4.69, 9.17) is 0 Å². The number of rotatable bonds is 9. The van der Waals surface area contributed by atoms with Crippen molar-refractivity contribution in [3.8, 4) is 0 Å². The van der Waals surface area contributed by atoms with E-state index in [1.54, 1.807) is 0 Å². The average molecular weight is 291 g/mol. The van der Waals surface area contributed by atoms with Gasteiger partial charge in [-0.15, -0.1) is 0 Å². The van der Waals surface area contributed by atoms with Gasteiger partial charge in [-0.25, -0.2) is 0 Å². The van der Waals surface area contributed by atoms with E-state index in [-0.39, 0.29) is 0 Å². The van der Waals surface area contributed by atoms with Gasteiger partial charge in [-0.2, -0.15) is 0 Å². The molecule has 0 bridgehead atoms. The van der Waals surface area contributed by atoms with Crippen molar-refractivity contribution in [2.45, 2.75) is 55.4 Å². The maximum Gasteiger partial charge on any atom is 0.00702 e. The minimum Gasteiger partial charge on any atom is -0.0938 e. The lowest BCUT2D eigenvalue weighted by molar-refractivity contribution is 0.322. The lowest BCUT2D eigenvalue weighted by Crippen LogP contribution is -2.19. The van der Waals surface area contributed by atoms with Crippen molar-refractivity contribution in [1.82, 2.24) is 0 Å². The van der Waals surface area contributed by atoms with Crippen molar-refractivity contribution >= 4 is 21.6 Å². The Hall–Kier alpha value is 0.700. The summed E-state index contributed by atoms with van der Waals surface area (Å²) in [5.74, 6) is 7.57. The fraction of sp³-hybridized carbons (Fsp3) is 1.00. The molecule has 0 aromatic heterocycles. The first-order valence-corrected chi connectivity index (χ1v) is 10.0. The van der Waals surface area contributed by atoms with Crippen molar-refractivity contribution in [1.29, 1.82) is 0 Å². The van der Waals surface area contributed by atoms with Crippen LogP contribution in [0.1, 0.15) is 55.4 Å². The highest BCUT2D eigenvalue weighted by atomic mass is 33.1. The van der Waals surface area contributed by atoms with Gasteiger partial charge in [0, 0.05) is 11.5 Å². The summed E-state index contributed by atoms with van der Waals surface area (Å²) in [7, 11) is 4.20. The molecule has 0 nitrogen and oxygen atoms in total.